The van der Waals surface area contributed by atoms with E-state index in [4.69, 9.17) is 4.74 Å². The highest BCUT2D eigenvalue weighted by molar-refractivity contribution is 7.86. The lowest BCUT2D eigenvalue weighted by Crippen LogP contribution is -2.43. The smallest absolute Gasteiger partial charge is 0.331 e. The number of hydrogen-bond donors (Lipinski definition) is 4. The van der Waals surface area contributed by atoms with Crippen LogP contribution < -0.4 is 5.32 Å². The minimum Gasteiger partial charge on any atom is -0.481 e. The van der Waals surface area contributed by atoms with Crippen LogP contribution in [0.2, 0.25) is 0 Å². The monoisotopic (exact) mass is 423 g/mol. The second-order valence-corrected chi connectivity index (χ2v) is 9.31. The van der Waals surface area contributed by atoms with E-state index in [1.165, 1.54) is 19.1 Å². The third kappa shape index (κ3) is 3.91. The minimum atomic E-state index is -4.50. The molecule has 0 bridgehead atoms. The van der Waals surface area contributed by atoms with E-state index in [1.807, 2.05) is 0 Å². The summed E-state index contributed by atoms with van der Waals surface area (Å²) in [4.78, 5) is 23.2. The molecule has 1 aromatic rings. The van der Waals surface area contributed by atoms with Crippen molar-refractivity contribution in [3.63, 3.8) is 0 Å². The summed E-state index contributed by atoms with van der Waals surface area (Å²) in [6, 6.07) is 4.87. The summed E-state index contributed by atoms with van der Waals surface area (Å²) in [6.45, 7) is 4.71. The maximum Gasteiger partial charge on any atom is 0.331 e. The van der Waals surface area contributed by atoms with Crippen LogP contribution in [-0.2, 0) is 30.0 Å². The van der Waals surface area contributed by atoms with Gasteiger partial charge in [-0.2, -0.15) is 8.42 Å². The number of rotatable bonds is 4. The van der Waals surface area contributed by atoms with E-state index in [0.29, 0.717) is 22.4 Å². The van der Waals surface area contributed by atoms with Crippen LogP contribution in [0.1, 0.15) is 38.3 Å². The fourth-order valence-electron chi connectivity index (χ4n) is 3.48. The van der Waals surface area contributed by atoms with E-state index in [-0.39, 0.29) is 12.0 Å². The number of carboxylic acid groups (broad SMARTS) is 2. The average molecular weight is 423 g/mol. The van der Waals surface area contributed by atoms with Gasteiger partial charge in [0.05, 0.1) is 11.0 Å². The molecule has 1 aliphatic carbocycles. The molecule has 2 aliphatic rings. The van der Waals surface area contributed by atoms with Gasteiger partial charge in [-0.3, -0.25) is 9.35 Å². The van der Waals surface area contributed by atoms with Crippen molar-refractivity contribution in [3.8, 4) is 0 Å². The van der Waals surface area contributed by atoms with Gasteiger partial charge in [0.1, 0.15) is 0 Å². The Hall–Kier alpha value is -2.69. The molecule has 156 valence electrons. The van der Waals surface area contributed by atoms with E-state index < -0.39 is 38.6 Å². The lowest BCUT2D eigenvalue weighted by atomic mass is 9.76. The Morgan fingerprint density at radius 2 is 1.86 bits per heavy atom. The predicted octanol–water partition coefficient (Wildman–Crippen LogP) is 2.42. The van der Waals surface area contributed by atoms with Gasteiger partial charge in [-0.15, -0.1) is 0 Å². The third-order valence-electron chi connectivity index (χ3n) is 5.07. The van der Waals surface area contributed by atoms with Gasteiger partial charge in [0.2, 0.25) is 0 Å². The average Bonchev–Trinajstić information content (AvgIpc) is 2.59. The first-order valence-electron chi connectivity index (χ1n) is 8.69. The Morgan fingerprint density at radius 1 is 1.21 bits per heavy atom. The fraction of sp³-hybridized carbons (Fsp3) is 0.368. The Kier molecular flexibility index (Phi) is 4.85. The van der Waals surface area contributed by atoms with Gasteiger partial charge in [-0.25, -0.2) is 4.79 Å². The number of anilines is 1. The molecule has 29 heavy (non-hydrogen) atoms. The van der Waals surface area contributed by atoms with Gasteiger partial charge in [0.25, 0.3) is 5.56 Å². The molecule has 1 heterocycles. The number of benzene rings is 1. The molecular formula is C19H21NO8S. The number of nitrogens with one attached hydrogen (secondary N) is 1. The molecule has 0 saturated heterocycles. The van der Waals surface area contributed by atoms with Crippen LogP contribution in [0.25, 0.3) is 5.57 Å². The molecule has 0 aromatic heterocycles. The number of fused-ring (bicyclic) bond motifs is 1. The molecule has 10 heteroatoms. The second-order valence-electron chi connectivity index (χ2n) is 7.85. The van der Waals surface area contributed by atoms with Crippen molar-refractivity contribution in [2.24, 2.45) is 5.41 Å². The summed E-state index contributed by atoms with van der Waals surface area (Å²) in [5.41, 5.74) is -2.15. The Labute approximate surface area is 167 Å². The molecule has 4 N–H and O–H groups in total. The topological polar surface area (TPSA) is 150 Å². The van der Waals surface area contributed by atoms with Gasteiger partial charge in [0.15, 0.2) is 0 Å². The lowest BCUT2D eigenvalue weighted by molar-refractivity contribution is -0.145. The van der Waals surface area contributed by atoms with Crippen molar-refractivity contribution in [2.45, 2.75) is 38.4 Å². The molecule has 1 aromatic carbocycles. The molecule has 9 nitrogen and oxygen atoms in total. The van der Waals surface area contributed by atoms with E-state index in [9.17, 15) is 32.8 Å². The first-order chi connectivity index (χ1) is 13.2. The van der Waals surface area contributed by atoms with Gasteiger partial charge >= 0.3 is 22.1 Å². The Morgan fingerprint density at radius 3 is 2.41 bits per heavy atom. The molecule has 0 saturated carbocycles. The molecule has 0 amide bonds. The van der Waals surface area contributed by atoms with E-state index in [1.54, 1.807) is 32.0 Å². The van der Waals surface area contributed by atoms with E-state index >= 15 is 0 Å². The lowest BCUT2D eigenvalue weighted by Gasteiger charge is -2.38. The molecule has 2 unspecified atom stereocenters. The van der Waals surface area contributed by atoms with Crippen molar-refractivity contribution < 1.29 is 37.5 Å². The van der Waals surface area contributed by atoms with Crippen molar-refractivity contribution in [1.82, 2.24) is 0 Å². The zero-order chi connectivity index (χ0) is 21.8. The predicted molar refractivity (Wildman–Crippen MR) is 104 cm³/mol. The second kappa shape index (κ2) is 6.68. The minimum absolute atomic E-state index is 0.0230. The van der Waals surface area contributed by atoms with Crippen LogP contribution in [0.15, 0.2) is 35.9 Å². The number of hydrogen-bond acceptors (Lipinski definition) is 6. The molecule has 0 spiro atoms. The van der Waals surface area contributed by atoms with Gasteiger partial charge < -0.3 is 20.3 Å². The highest BCUT2D eigenvalue weighted by Gasteiger charge is 2.40. The molecule has 2 atom stereocenters. The summed E-state index contributed by atoms with van der Waals surface area (Å²) in [6.07, 6.45) is 2.80. The summed E-state index contributed by atoms with van der Waals surface area (Å²) in [5.74, 6) is -2.33. The van der Waals surface area contributed by atoms with E-state index in [2.05, 4.69) is 5.32 Å². The molecule has 0 radical (unpaired) electrons. The fourth-order valence-corrected chi connectivity index (χ4v) is 4.12. The molecule has 3 rings (SSSR count). The third-order valence-corrected chi connectivity index (χ3v) is 5.83. The maximum atomic E-state index is 11.7. The summed E-state index contributed by atoms with van der Waals surface area (Å²) >= 11 is 0. The van der Waals surface area contributed by atoms with Gasteiger partial charge in [-0.1, -0.05) is 12.1 Å². The standard InChI is InChI=1S/C19H21NO8S/c1-18(2)13-7-10(4-5-14(13)20-17(28-18)29(25,26)27)11-6-12(15(21)22)9-19(3,8-11)16(23)24/h4-8,17,20H,9H2,1-3H3,(H,21,22)(H,23,24)(H,25,26,27). The maximum absolute atomic E-state index is 11.7. The molecule has 1 aliphatic heterocycles. The van der Waals surface area contributed by atoms with Crippen molar-refractivity contribution >= 4 is 33.3 Å². The summed E-state index contributed by atoms with van der Waals surface area (Å²) in [7, 11) is -4.50. The van der Waals surface area contributed by atoms with Crippen LogP contribution in [0.4, 0.5) is 5.69 Å². The Balaban J connectivity index is 2.11. The number of allylic oxidation sites excluding steroid dienone is 2. The largest absolute Gasteiger partial charge is 0.481 e. The Bertz CT molecular complexity index is 1070. The normalized spacial score (nSPS) is 25.9. The zero-order valence-corrected chi connectivity index (χ0v) is 16.8. The zero-order valence-electron chi connectivity index (χ0n) is 16.0. The van der Waals surface area contributed by atoms with Crippen LogP contribution in [0, 0.1) is 5.41 Å². The van der Waals surface area contributed by atoms with Crippen LogP contribution in [-0.4, -0.2) is 40.7 Å². The van der Waals surface area contributed by atoms with Crippen LogP contribution >= 0.6 is 0 Å². The number of ether oxygens (including phenoxy) is 1. The summed E-state index contributed by atoms with van der Waals surface area (Å²) in [5, 5.41) is 21.6. The van der Waals surface area contributed by atoms with Crippen LogP contribution in [0.5, 0.6) is 0 Å². The quantitative estimate of drug-likeness (QED) is 0.535. The van der Waals surface area contributed by atoms with Crippen molar-refractivity contribution in [2.75, 3.05) is 5.32 Å². The highest BCUT2D eigenvalue weighted by atomic mass is 32.2. The van der Waals surface area contributed by atoms with Crippen molar-refractivity contribution in [1.29, 1.82) is 0 Å². The van der Waals surface area contributed by atoms with Crippen LogP contribution in [0.3, 0.4) is 0 Å². The SMILES string of the molecule is CC1(C(=O)O)C=C(c2ccc3c(c2)C(C)(C)OC(S(=O)(=O)O)N3)C=C(C(=O)O)C1. The molecular weight excluding hydrogens is 402 g/mol. The van der Waals surface area contributed by atoms with Gasteiger partial charge in [-0.05, 0) is 56.5 Å². The number of carboxylic acids is 2. The number of carbonyl (C=O) groups is 2. The van der Waals surface area contributed by atoms with Crippen molar-refractivity contribution in [3.05, 3.63) is 47.1 Å². The van der Waals surface area contributed by atoms with Gasteiger partial charge in [0, 0.05) is 16.8 Å². The summed E-state index contributed by atoms with van der Waals surface area (Å²) < 4.78 is 37.7. The highest BCUT2D eigenvalue weighted by Crippen LogP contribution is 2.42. The van der Waals surface area contributed by atoms with E-state index in [0.717, 1.165) is 0 Å². The number of aliphatic carboxylic acids is 2. The first-order valence-corrected chi connectivity index (χ1v) is 10.2. The first kappa shape index (κ1) is 21.0. The molecule has 0 fully saturated rings.